The molecule has 0 atom stereocenters. The highest BCUT2D eigenvalue weighted by Gasteiger charge is 2.10. The standard InChI is InChI=1S/C19H24ClN3S/c1-2-3-4-5-6-10-23(11-9-17-14-24-15-22-17)18-8-7-16(13-21)19(20)12-18/h7-8,12,14-15H,2-6,9-11H2,1H3. The lowest BCUT2D eigenvalue weighted by atomic mass is 10.1. The Kier molecular flexibility index (Phi) is 8.07. The molecule has 128 valence electrons. The maximum Gasteiger partial charge on any atom is 0.101 e. The quantitative estimate of drug-likeness (QED) is 0.510. The lowest BCUT2D eigenvalue weighted by molar-refractivity contribution is 0.616. The molecule has 1 aromatic carbocycles. The first kappa shape index (κ1) is 18.8. The minimum atomic E-state index is 0.527. The summed E-state index contributed by atoms with van der Waals surface area (Å²) < 4.78 is 0. The van der Waals surface area contributed by atoms with E-state index in [1.54, 1.807) is 11.3 Å². The van der Waals surface area contributed by atoms with Crippen LogP contribution in [0.25, 0.3) is 0 Å². The number of hydrogen-bond acceptors (Lipinski definition) is 4. The van der Waals surface area contributed by atoms with Gasteiger partial charge in [-0.2, -0.15) is 5.26 Å². The minimum Gasteiger partial charge on any atom is -0.371 e. The molecule has 0 radical (unpaired) electrons. The first-order valence-corrected chi connectivity index (χ1v) is 9.88. The topological polar surface area (TPSA) is 39.9 Å². The molecule has 1 aromatic heterocycles. The average Bonchev–Trinajstić information content (AvgIpc) is 3.11. The van der Waals surface area contributed by atoms with Crippen molar-refractivity contribution in [1.82, 2.24) is 4.98 Å². The van der Waals surface area contributed by atoms with Crippen molar-refractivity contribution in [3.05, 3.63) is 45.4 Å². The van der Waals surface area contributed by atoms with Gasteiger partial charge in [0.2, 0.25) is 0 Å². The van der Waals surface area contributed by atoms with Crippen molar-refractivity contribution in [2.75, 3.05) is 18.0 Å². The molecule has 2 aromatic rings. The first-order chi connectivity index (χ1) is 11.7. The van der Waals surface area contributed by atoms with Crippen LogP contribution in [0.4, 0.5) is 5.69 Å². The van der Waals surface area contributed by atoms with Crippen molar-refractivity contribution >= 4 is 28.6 Å². The Labute approximate surface area is 153 Å². The van der Waals surface area contributed by atoms with Crippen LogP contribution in [0.15, 0.2) is 29.1 Å². The summed E-state index contributed by atoms with van der Waals surface area (Å²) >= 11 is 7.85. The second-order valence-corrected chi connectivity index (χ2v) is 7.03. The molecule has 0 fully saturated rings. The highest BCUT2D eigenvalue weighted by molar-refractivity contribution is 7.07. The van der Waals surface area contributed by atoms with Crippen LogP contribution in [0.3, 0.4) is 0 Å². The van der Waals surface area contributed by atoms with E-state index in [-0.39, 0.29) is 0 Å². The summed E-state index contributed by atoms with van der Waals surface area (Å²) in [6.45, 7) is 4.16. The zero-order valence-electron chi connectivity index (χ0n) is 14.2. The van der Waals surface area contributed by atoms with Gasteiger partial charge >= 0.3 is 0 Å². The van der Waals surface area contributed by atoms with Crippen molar-refractivity contribution in [1.29, 1.82) is 5.26 Å². The summed E-state index contributed by atoms with van der Waals surface area (Å²) in [7, 11) is 0. The van der Waals surface area contributed by atoms with Gasteiger partial charge in [-0.25, -0.2) is 4.98 Å². The van der Waals surface area contributed by atoms with Gasteiger partial charge in [-0.05, 0) is 24.6 Å². The van der Waals surface area contributed by atoms with Crippen molar-refractivity contribution < 1.29 is 0 Å². The number of unbranched alkanes of at least 4 members (excludes halogenated alkanes) is 4. The Bertz CT molecular complexity index is 649. The van der Waals surface area contributed by atoms with Gasteiger partial charge in [0.15, 0.2) is 0 Å². The van der Waals surface area contributed by atoms with Crippen LogP contribution in [0.1, 0.15) is 50.3 Å². The van der Waals surface area contributed by atoms with E-state index in [9.17, 15) is 0 Å². The molecule has 0 saturated carbocycles. The van der Waals surface area contributed by atoms with E-state index in [1.807, 2.05) is 23.7 Å². The Hall–Kier alpha value is -1.57. The van der Waals surface area contributed by atoms with E-state index >= 15 is 0 Å². The van der Waals surface area contributed by atoms with Crippen LogP contribution in [-0.4, -0.2) is 18.1 Å². The van der Waals surface area contributed by atoms with Crippen LogP contribution >= 0.6 is 22.9 Å². The SMILES string of the molecule is CCCCCCCN(CCc1cscn1)c1ccc(C#N)c(Cl)c1. The fourth-order valence-electron chi connectivity index (χ4n) is 2.68. The number of nitrogens with zero attached hydrogens (tertiary/aromatic N) is 3. The fraction of sp³-hybridized carbons (Fsp3) is 0.474. The van der Waals surface area contributed by atoms with E-state index in [2.05, 4.69) is 28.3 Å². The number of thiazole rings is 1. The van der Waals surface area contributed by atoms with Gasteiger partial charge in [-0.15, -0.1) is 11.3 Å². The van der Waals surface area contributed by atoms with E-state index in [0.29, 0.717) is 10.6 Å². The van der Waals surface area contributed by atoms with Crippen LogP contribution in [-0.2, 0) is 6.42 Å². The molecule has 24 heavy (non-hydrogen) atoms. The van der Waals surface area contributed by atoms with E-state index in [4.69, 9.17) is 16.9 Å². The van der Waals surface area contributed by atoms with Gasteiger partial charge in [0.05, 0.1) is 21.8 Å². The average molecular weight is 362 g/mol. The number of nitriles is 1. The van der Waals surface area contributed by atoms with Gasteiger partial charge in [0.25, 0.3) is 0 Å². The maximum absolute atomic E-state index is 9.04. The highest BCUT2D eigenvalue weighted by Crippen LogP contribution is 2.24. The Morgan fingerprint density at radius 3 is 2.71 bits per heavy atom. The Balaban J connectivity index is 2.00. The molecular formula is C19H24ClN3S. The summed E-state index contributed by atoms with van der Waals surface area (Å²) in [6, 6.07) is 7.84. The van der Waals surface area contributed by atoms with Crippen LogP contribution in [0.2, 0.25) is 5.02 Å². The van der Waals surface area contributed by atoms with Gasteiger partial charge in [-0.3, -0.25) is 0 Å². The third-order valence-corrected chi connectivity index (χ3v) is 5.04. The van der Waals surface area contributed by atoms with E-state index in [1.165, 1.54) is 32.1 Å². The van der Waals surface area contributed by atoms with Crippen LogP contribution in [0, 0.1) is 11.3 Å². The number of anilines is 1. The lowest BCUT2D eigenvalue weighted by Gasteiger charge is -2.25. The Morgan fingerprint density at radius 2 is 2.04 bits per heavy atom. The van der Waals surface area contributed by atoms with Crippen molar-refractivity contribution in [3.8, 4) is 6.07 Å². The molecule has 0 aliphatic carbocycles. The van der Waals surface area contributed by atoms with Gasteiger partial charge in [0, 0.05) is 30.6 Å². The predicted molar refractivity (Wildman–Crippen MR) is 103 cm³/mol. The molecule has 1 heterocycles. The van der Waals surface area contributed by atoms with Crippen molar-refractivity contribution in [3.63, 3.8) is 0 Å². The van der Waals surface area contributed by atoms with Gasteiger partial charge in [0.1, 0.15) is 6.07 Å². The largest absolute Gasteiger partial charge is 0.371 e. The van der Waals surface area contributed by atoms with Crippen LogP contribution in [0.5, 0.6) is 0 Å². The molecule has 0 amide bonds. The monoisotopic (exact) mass is 361 g/mol. The smallest absolute Gasteiger partial charge is 0.101 e. The first-order valence-electron chi connectivity index (χ1n) is 8.56. The molecule has 3 nitrogen and oxygen atoms in total. The summed E-state index contributed by atoms with van der Waals surface area (Å²) in [4.78, 5) is 6.73. The van der Waals surface area contributed by atoms with Crippen LogP contribution < -0.4 is 4.90 Å². The molecule has 2 rings (SSSR count). The van der Waals surface area contributed by atoms with E-state index < -0.39 is 0 Å². The molecule has 0 spiro atoms. The summed E-state index contributed by atoms with van der Waals surface area (Å²) in [5.74, 6) is 0. The fourth-order valence-corrected chi connectivity index (χ4v) is 3.49. The zero-order valence-corrected chi connectivity index (χ0v) is 15.7. The Morgan fingerprint density at radius 1 is 1.21 bits per heavy atom. The number of benzene rings is 1. The molecule has 0 N–H and O–H groups in total. The third-order valence-electron chi connectivity index (χ3n) is 4.09. The molecule has 5 heteroatoms. The second-order valence-electron chi connectivity index (χ2n) is 5.91. The number of hydrogen-bond donors (Lipinski definition) is 0. The van der Waals surface area contributed by atoms with Gasteiger partial charge in [-0.1, -0.05) is 44.2 Å². The highest BCUT2D eigenvalue weighted by atomic mass is 35.5. The number of halogens is 1. The maximum atomic E-state index is 9.04. The summed E-state index contributed by atoms with van der Waals surface area (Å²) in [5, 5.41) is 11.7. The molecule has 0 aliphatic rings. The molecule has 0 saturated heterocycles. The lowest BCUT2D eigenvalue weighted by Crippen LogP contribution is -2.27. The van der Waals surface area contributed by atoms with Crippen molar-refractivity contribution in [2.24, 2.45) is 0 Å². The van der Waals surface area contributed by atoms with Gasteiger partial charge < -0.3 is 4.90 Å². The normalized spacial score (nSPS) is 10.5. The van der Waals surface area contributed by atoms with E-state index in [0.717, 1.165) is 30.9 Å². The molecule has 0 bridgehead atoms. The van der Waals surface area contributed by atoms with Crippen molar-refractivity contribution in [2.45, 2.75) is 45.4 Å². The summed E-state index contributed by atoms with van der Waals surface area (Å²) in [5.41, 5.74) is 4.63. The number of rotatable bonds is 10. The molecule has 0 aliphatic heterocycles. The number of aromatic nitrogens is 1. The minimum absolute atomic E-state index is 0.527. The zero-order chi connectivity index (χ0) is 17.2. The third kappa shape index (κ3) is 5.81. The second kappa shape index (κ2) is 10.3. The summed E-state index contributed by atoms with van der Waals surface area (Å²) in [6.07, 6.45) is 7.22. The predicted octanol–water partition coefficient (Wildman–Crippen LogP) is 5.69. The molecule has 0 unspecified atom stereocenters. The molecular weight excluding hydrogens is 338 g/mol.